The van der Waals surface area contributed by atoms with Gasteiger partial charge >= 0.3 is 0 Å². The van der Waals surface area contributed by atoms with Gasteiger partial charge in [0.1, 0.15) is 0 Å². The minimum absolute atomic E-state index is 0.652. The van der Waals surface area contributed by atoms with Crippen molar-refractivity contribution in [2.75, 3.05) is 11.9 Å². The first-order valence-electron chi connectivity index (χ1n) is 4.45. The quantitative estimate of drug-likeness (QED) is 0.810. The molecular formula is C10H13BrN2S. The lowest BCUT2D eigenvalue weighted by atomic mass is 10.2. The van der Waals surface area contributed by atoms with Crippen LogP contribution in [0, 0.1) is 6.92 Å². The summed E-state index contributed by atoms with van der Waals surface area (Å²) in [5.74, 6) is 0. The second-order valence-corrected chi connectivity index (χ2v) is 4.12. The van der Waals surface area contributed by atoms with Crippen LogP contribution in [0.5, 0.6) is 0 Å². The first-order chi connectivity index (χ1) is 6.65. The van der Waals surface area contributed by atoms with Crippen LogP contribution in [0.3, 0.4) is 0 Å². The third kappa shape index (κ3) is 2.96. The number of rotatable bonds is 2. The van der Waals surface area contributed by atoms with E-state index in [0.29, 0.717) is 5.11 Å². The van der Waals surface area contributed by atoms with Gasteiger partial charge in [-0.25, -0.2) is 0 Å². The Morgan fingerprint density at radius 3 is 2.86 bits per heavy atom. The molecule has 0 saturated carbocycles. The van der Waals surface area contributed by atoms with E-state index in [9.17, 15) is 0 Å². The van der Waals surface area contributed by atoms with Crippen LogP contribution in [-0.4, -0.2) is 11.7 Å². The van der Waals surface area contributed by atoms with Crippen LogP contribution >= 0.6 is 28.1 Å². The molecule has 76 valence electrons. The molecular weight excluding hydrogens is 260 g/mol. The molecule has 0 aliphatic heterocycles. The van der Waals surface area contributed by atoms with E-state index in [2.05, 4.69) is 26.6 Å². The molecule has 1 rings (SSSR count). The van der Waals surface area contributed by atoms with Gasteiger partial charge in [0.25, 0.3) is 0 Å². The maximum atomic E-state index is 5.10. The molecule has 0 spiro atoms. The van der Waals surface area contributed by atoms with Crippen molar-refractivity contribution in [3.8, 4) is 0 Å². The van der Waals surface area contributed by atoms with Gasteiger partial charge in [0.2, 0.25) is 0 Å². The molecule has 0 bridgehead atoms. The van der Waals surface area contributed by atoms with Crippen LogP contribution < -0.4 is 10.6 Å². The fourth-order valence-electron chi connectivity index (χ4n) is 1.07. The van der Waals surface area contributed by atoms with Crippen LogP contribution in [0.1, 0.15) is 12.5 Å². The van der Waals surface area contributed by atoms with Crippen molar-refractivity contribution in [2.24, 2.45) is 0 Å². The first-order valence-corrected chi connectivity index (χ1v) is 5.65. The molecule has 0 saturated heterocycles. The monoisotopic (exact) mass is 272 g/mol. The molecule has 1 aromatic rings. The normalized spacial score (nSPS) is 9.64. The smallest absolute Gasteiger partial charge is 0.170 e. The number of hydrogen-bond donors (Lipinski definition) is 2. The molecule has 0 heterocycles. The lowest BCUT2D eigenvalue weighted by Crippen LogP contribution is -2.28. The van der Waals surface area contributed by atoms with E-state index in [-0.39, 0.29) is 0 Å². The van der Waals surface area contributed by atoms with E-state index < -0.39 is 0 Å². The first kappa shape index (κ1) is 11.5. The van der Waals surface area contributed by atoms with Crippen molar-refractivity contribution in [3.63, 3.8) is 0 Å². The van der Waals surface area contributed by atoms with Crippen LogP contribution in [0.2, 0.25) is 0 Å². The summed E-state index contributed by atoms with van der Waals surface area (Å²) in [6.45, 7) is 4.89. The molecule has 0 unspecified atom stereocenters. The zero-order valence-corrected chi connectivity index (χ0v) is 10.6. The number of hydrogen-bond acceptors (Lipinski definition) is 1. The fourth-order valence-corrected chi connectivity index (χ4v) is 1.69. The van der Waals surface area contributed by atoms with Crippen LogP contribution in [-0.2, 0) is 0 Å². The molecule has 0 aliphatic rings. The summed E-state index contributed by atoms with van der Waals surface area (Å²) < 4.78 is 1.06. The summed E-state index contributed by atoms with van der Waals surface area (Å²) >= 11 is 8.60. The van der Waals surface area contributed by atoms with E-state index >= 15 is 0 Å². The van der Waals surface area contributed by atoms with Crippen molar-refractivity contribution < 1.29 is 0 Å². The molecule has 0 aliphatic carbocycles. The standard InChI is InChI=1S/C10H13BrN2S/c1-3-12-10(14)13-8-6-4-5-7(2)9(8)11/h4-6H,3H2,1-2H3,(H2,12,13,14). The zero-order chi connectivity index (χ0) is 10.6. The molecule has 0 atom stereocenters. The van der Waals surface area contributed by atoms with Gasteiger partial charge in [0.05, 0.1) is 5.69 Å². The van der Waals surface area contributed by atoms with E-state index in [4.69, 9.17) is 12.2 Å². The summed E-state index contributed by atoms with van der Waals surface area (Å²) in [5, 5.41) is 6.82. The maximum absolute atomic E-state index is 5.10. The molecule has 2 N–H and O–H groups in total. The lowest BCUT2D eigenvalue weighted by molar-refractivity contribution is 0.979. The predicted molar refractivity (Wildman–Crippen MR) is 68.8 cm³/mol. The molecule has 2 nitrogen and oxygen atoms in total. The topological polar surface area (TPSA) is 24.1 Å². The zero-order valence-electron chi connectivity index (χ0n) is 8.23. The molecule has 1 aromatic carbocycles. The number of nitrogens with one attached hydrogen (secondary N) is 2. The Labute approximate surface area is 98.2 Å². The fraction of sp³-hybridized carbons (Fsp3) is 0.300. The van der Waals surface area contributed by atoms with Gasteiger partial charge in [-0.2, -0.15) is 0 Å². The Morgan fingerprint density at radius 1 is 1.50 bits per heavy atom. The Balaban J connectivity index is 2.76. The van der Waals surface area contributed by atoms with Gasteiger partial charge < -0.3 is 10.6 Å². The van der Waals surface area contributed by atoms with Crippen LogP contribution in [0.4, 0.5) is 5.69 Å². The van der Waals surface area contributed by atoms with E-state index in [1.54, 1.807) is 0 Å². The van der Waals surface area contributed by atoms with Crippen LogP contribution in [0.25, 0.3) is 0 Å². The van der Waals surface area contributed by atoms with Crippen molar-refractivity contribution >= 4 is 38.9 Å². The number of anilines is 1. The summed E-state index contributed by atoms with van der Waals surface area (Å²) in [7, 11) is 0. The highest BCUT2D eigenvalue weighted by molar-refractivity contribution is 9.10. The predicted octanol–water partition coefficient (Wildman–Crippen LogP) is 3.06. The number of aryl methyl sites for hydroxylation is 1. The van der Waals surface area contributed by atoms with Gasteiger partial charge in [-0.05, 0) is 53.6 Å². The molecule has 4 heteroatoms. The summed E-state index contributed by atoms with van der Waals surface area (Å²) in [6, 6.07) is 6.03. The third-order valence-electron chi connectivity index (χ3n) is 1.78. The molecule has 0 fully saturated rings. The largest absolute Gasteiger partial charge is 0.363 e. The average Bonchev–Trinajstić information content (AvgIpc) is 2.13. The second kappa shape index (κ2) is 5.32. The minimum Gasteiger partial charge on any atom is -0.363 e. The van der Waals surface area contributed by atoms with Gasteiger partial charge in [-0.1, -0.05) is 12.1 Å². The van der Waals surface area contributed by atoms with E-state index in [0.717, 1.165) is 16.7 Å². The highest BCUT2D eigenvalue weighted by atomic mass is 79.9. The summed E-state index contributed by atoms with van der Waals surface area (Å²) in [5.41, 5.74) is 2.19. The van der Waals surface area contributed by atoms with E-state index in [1.807, 2.05) is 32.0 Å². The Bertz CT molecular complexity index is 339. The molecule has 0 aromatic heterocycles. The third-order valence-corrected chi connectivity index (χ3v) is 3.08. The summed E-state index contributed by atoms with van der Waals surface area (Å²) in [6.07, 6.45) is 0. The number of halogens is 1. The minimum atomic E-state index is 0.652. The summed E-state index contributed by atoms with van der Waals surface area (Å²) in [4.78, 5) is 0. The highest BCUT2D eigenvalue weighted by Gasteiger charge is 2.02. The van der Waals surface area contributed by atoms with E-state index in [1.165, 1.54) is 5.56 Å². The lowest BCUT2D eigenvalue weighted by Gasteiger charge is -2.11. The second-order valence-electron chi connectivity index (χ2n) is 2.92. The van der Waals surface area contributed by atoms with Crippen LogP contribution in [0.15, 0.2) is 22.7 Å². The van der Waals surface area contributed by atoms with Gasteiger partial charge in [0.15, 0.2) is 5.11 Å². The van der Waals surface area contributed by atoms with Gasteiger partial charge in [0, 0.05) is 11.0 Å². The van der Waals surface area contributed by atoms with Crippen molar-refractivity contribution in [3.05, 3.63) is 28.2 Å². The van der Waals surface area contributed by atoms with Crippen molar-refractivity contribution in [2.45, 2.75) is 13.8 Å². The number of benzene rings is 1. The Morgan fingerprint density at radius 2 is 2.21 bits per heavy atom. The highest BCUT2D eigenvalue weighted by Crippen LogP contribution is 2.25. The molecule has 0 radical (unpaired) electrons. The molecule has 14 heavy (non-hydrogen) atoms. The maximum Gasteiger partial charge on any atom is 0.170 e. The Kier molecular flexibility index (Phi) is 4.35. The number of thiocarbonyl (C=S) groups is 1. The average molecular weight is 273 g/mol. The molecule has 0 amide bonds. The SMILES string of the molecule is CCNC(=S)Nc1cccc(C)c1Br. The van der Waals surface area contributed by atoms with Crippen molar-refractivity contribution in [1.82, 2.24) is 5.32 Å². The van der Waals surface area contributed by atoms with Gasteiger partial charge in [-0.15, -0.1) is 0 Å². The Hall–Kier alpha value is -0.610. The van der Waals surface area contributed by atoms with Crippen molar-refractivity contribution in [1.29, 1.82) is 0 Å². The van der Waals surface area contributed by atoms with Gasteiger partial charge in [-0.3, -0.25) is 0 Å².